The first-order valence-corrected chi connectivity index (χ1v) is 6.67. The van der Waals surface area contributed by atoms with Gasteiger partial charge >= 0.3 is 5.97 Å². The van der Waals surface area contributed by atoms with Crippen LogP contribution >= 0.6 is 0 Å². The molecule has 104 valence electrons. The third-order valence-corrected chi connectivity index (χ3v) is 3.92. The molecule has 0 saturated carbocycles. The van der Waals surface area contributed by atoms with Gasteiger partial charge in [0.1, 0.15) is 0 Å². The molecule has 1 aromatic rings. The van der Waals surface area contributed by atoms with E-state index in [0.29, 0.717) is 6.42 Å². The number of hydrogen-bond donors (Lipinski definition) is 1. The van der Waals surface area contributed by atoms with Gasteiger partial charge in [0.2, 0.25) is 0 Å². The molecule has 0 aliphatic carbocycles. The Hall–Kier alpha value is -1.39. The summed E-state index contributed by atoms with van der Waals surface area (Å²) >= 11 is 0. The van der Waals surface area contributed by atoms with Crippen LogP contribution < -0.4 is 0 Å². The normalized spacial score (nSPS) is 28.1. The van der Waals surface area contributed by atoms with Gasteiger partial charge < -0.3 is 9.84 Å². The highest BCUT2D eigenvalue weighted by Crippen LogP contribution is 2.26. The Morgan fingerprint density at radius 3 is 2.74 bits per heavy atom. The van der Waals surface area contributed by atoms with E-state index in [1.54, 1.807) is 0 Å². The average molecular weight is 263 g/mol. The summed E-state index contributed by atoms with van der Waals surface area (Å²) in [7, 11) is 1.37. The molecule has 0 radical (unpaired) electrons. The Balaban J connectivity index is 2.08. The van der Waals surface area contributed by atoms with E-state index in [4.69, 9.17) is 4.74 Å². The van der Waals surface area contributed by atoms with Gasteiger partial charge in [-0.1, -0.05) is 30.3 Å². The number of nitrogens with zero attached hydrogens (tertiary/aromatic N) is 1. The molecule has 1 aromatic carbocycles. The number of hydrogen-bond acceptors (Lipinski definition) is 4. The number of aliphatic hydroxyl groups is 1. The standard InChI is InChI=1S/C15H21NO3/c1-11-14(15(18)19-2)13(17)8-9-16(11)10-12-6-4-3-5-7-12/h3-7,11,13-14,17H,8-10H2,1-2H3. The minimum atomic E-state index is -0.602. The van der Waals surface area contributed by atoms with Crippen molar-refractivity contribution in [3.8, 4) is 0 Å². The monoisotopic (exact) mass is 263 g/mol. The molecular weight excluding hydrogens is 242 g/mol. The molecule has 4 heteroatoms. The van der Waals surface area contributed by atoms with Crippen molar-refractivity contribution in [2.75, 3.05) is 13.7 Å². The third-order valence-electron chi connectivity index (χ3n) is 3.92. The van der Waals surface area contributed by atoms with E-state index in [1.807, 2.05) is 25.1 Å². The summed E-state index contributed by atoms with van der Waals surface area (Å²) < 4.78 is 4.80. The first-order chi connectivity index (χ1) is 9.13. The fourth-order valence-corrected chi connectivity index (χ4v) is 2.76. The molecule has 3 unspecified atom stereocenters. The Morgan fingerprint density at radius 2 is 2.11 bits per heavy atom. The van der Waals surface area contributed by atoms with Crippen LogP contribution in [0.25, 0.3) is 0 Å². The Morgan fingerprint density at radius 1 is 1.42 bits per heavy atom. The molecule has 0 amide bonds. The van der Waals surface area contributed by atoms with Gasteiger partial charge in [0.25, 0.3) is 0 Å². The molecule has 19 heavy (non-hydrogen) atoms. The minimum absolute atomic E-state index is 0.0172. The predicted molar refractivity (Wildman–Crippen MR) is 72.4 cm³/mol. The van der Waals surface area contributed by atoms with Gasteiger partial charge in [-0.3, -0.25) is 9.69 Å². The quantitative estimate of drug-likeness (QED) is 0.838. The summed E-state index contributed by atoms with van der Waals surface area (Å²) in [6.45, 7) is 3.57. The Kier molecular flexibility index (Phi) is 4.56. The van der Waals surface area contributed by atoms with Crippen molar-refractivity contribution in [3.05, 3.63) is 35.9 Å². The van der Waals surface area contributed by atoms with Gasteiger partial charge in [-0.2, -0.15) is 0 Å². The van der Waals surface area contributed by atoms with Gasteiger partial charge in [0, 0.05) is 19.1 Å². The lowest BCUT2D eigenvalue weighted by Crippen LogP contribution is -2.52. The van der Waals surface area contributed by atoms with Crippen molar-refractivity contribution in [1.82, 2.24) is 4.90 Å². The number of piperidine rings is 1. The van der Waals surface area contributed by atoms with E-state index in [9.17, 15) is 9.90 Å². The molecule has 0 bridgehead atoms. The molecule has 0 spiro atoms. The molecule has 0 aromatic heterocycles. The highest BCUT2D eigenvalue weighted by atomic mass is 16.5. The summed E-state index contributed by atoms with van der Waals surface area (Å²) in [6, 6.07) is 10.1. The van der Waals surface area contributed by atoms with Gasteiger partial charge in [-0.15, -0.1) is 0 Å². The summed E-state index contributed by atoms with van der Waals surface area (Å²) in [6.07, 6.45) is 0.00574. The van der Waals surface area contributed by atoms with E-state index < -0.39 is 12.0 Å². The van der Waals surface area contributed by atoms with Crippen LogP contribution in [0.4, 0.5) is 0 Å². The number of ether oxygens (including phenoxy) is 1. The van der Waals surface area contributed by atoms with Gasteiger partial charge in [0.05, 0.1) is 19.1 Å². The zero-order chi connectivity index (χ0) is 13.8. The maximum absolute atomic E-state index is 11.8. The highest BCUT2D eigenvalue weighted by Gasteiger charge is 2.39. The molecule has 3 atom stereocenters. The van der Waals surface area contributed by atoms with Crippen LogP contribution in [-0.4, -0.2) is 41.8 Å². The largest absolute Gasteiger partial charge is 0.469 e. The molecule has 1 aliphatic heterocycles. The lowest BCUT2D eigenvalue weighted by molar-refractivity contribution is -0.156. The SMILES string of the molecule is COC(=O)C1C(O)CCN(Cc2ccccc2)C1C. The number of carbonyl (C=O) groups excluding carboxylic acids is 1. The average Bonchev–Trinajstić information content (AvgIpc) is 2.43. The minimum Gasteiger partial charge on any atom is -0.469 e. The number of carbonyl (C=O) groups is 1. The fraction of sp³-hybridized carbons (Fsp3) is 0.533. The smallest absolute Gasteiger partial charge is 0.312 e. The summed E-state index contributed by atoms with van der Waals surface area (Å²) in [4.78, 5) is 14.0. The number of rotatable bonds is 3. The molecule has 1 saturated heterocycles. The second-order valence-corrected chi connectivity index (χ2v) is 5.10. The van der Waals surface area contributed by atoms with E-state index in [-0.39, 0.29) is 12.0 Å². The number of aliphatic hydroxyl groups excluding tert-OH is 1. The summed E-state index contributed by atoms with van der Waals surface area (Å²) in [5.74, 6) is -0.778. The Labute approximate surface area is 114 Å². The molecular formula is C15H21NO3. The zero-order valence-corrected chi connectivity index (χ0v) is 11.5. The predicted octanol–water partition coefficient (Wildman–Crippen LogP) is 1.43. The van der Waals surface area contributed by atoms with E-state index in [2.05, 4.69) is 17.0 Å². The second kappa shape index (κ2) is 6.17. The van der Waals surface area contributed by atoms with Crippen LogP contribution in [-0.2, 0) is 16.1 Å². The van der Waals surface area contributed by atoms with Crippen LogP contribution in [0.5, 0.6) is 0 Å². The third kappa shape index (κ3) is 3.14. The topological polar surface area (TPSA) is 49.8 Å². The number of likely N-dealkylation sites (tertiary alicyclic amines) is 1. The van der Waals surface area contributed by atoms with Gasteiger partial charge in [-0.05, 0) is 18.9 Å². The van der Waals surface area contributed by atoms with Crippen LogP contribution in [0.1, 0.15) is 18.9 Å². The van der Waals surface area contributed by atoms with Crippen molar-refractivity contribution in [1.29, 1.82) is 0 Å². The first kappa shape index (κ1) is 14.0. The Bertz CT molecular complexity index is 421. The van der Waals surface area contributed by atoms with Crippen molar-refractivity contribution in [2.45, 2.75) is 32.0 Å². The van der Waals surface area contributed by atoms with Crippen molar-refractivity contribution in [3.63, 3.8) is 0 Å². The van der Waals surface area contributed by atoms with Crippen LogP contribution in [0, 0.1) is 5.92 Å². The molecule has 1 aliphatic rings. The zero-order valence-electron chi connectivity index (χ0n) is 11.5. The fourth-order valence-electron chi connectivity index (χ4n) is 2.76. The highest BCUT2D eigenvalue weighted by molar-refractivity contribution is 5.74. The number of esters is 1. The van der Waals surface area contributed by atoms with Gasteiger partial charge in [0.15, 0.2) is 0 Å². The number of benzene rings is 1. The molecule has 1 heterocycles. The molecule has 4 nitrogen and oxygen atoms in total. The number of methoxy groups -OCH3 is 1. The van der Waals surface area contributed by atoms with Crippen LogP contribution in [0.3, 0.4) is 0 Å². The first-order valence-electron chi connectivity index (χ1n) is 6.67. The maximum atomic E-state index is 11.8. The summed E-state index contributed by atoms with van der Waals surface area (Å²) in [5.41, 5.74) is 1.22. The lowest BCUT2D eigenvalue weighted by atomic mass is 9.87. The maximum Gasteiger partial charge on any atom is 0.312 e. The summed E-state index contributed by atoms with van der Waals surface area (Å²) in [5, 5.41) is 10.00. The van der Waals surface area contributed by atoms with E-state index in [1.165, 1.54) is 12.7 Å². The van der Waals surface area contributed by atoms with Gasteiger partial charge in [-0.25, -0.2) is 0 Å². The van der Waals surface area contributed by atoms with E-state index >= 15 is 0 Å². The molecule has 1 N–H and O–H groups in total. The van der Waals surface area contributed by atoms with Crippen molar-refractivity contribution < 1.29 is 14.6 Å². The molecule has 1 fully saturated rings. The molecule has 2 rings (SSSR count). The van der Waals surface area contributed by atoms with Crippen LogP contribution in [0.15, 0.2) is 30.3 Å². The van der Waals surface area contributed by atoms with E-state index in [0.717, 1.165) is 13.1 Å². The van der Waals surface area contributed by atoms with Crippen molar-refractivity contribution in [2.24, 2.45) is 5.92 Å². The van der Waals surface area contributed by atoms with Crippen LogP contribution in [0.2, 0.25) is 0 Å². The second-order valence-electron chi connectivity index (χ2n) is 5.10. The van der Waals surface area contributed by atoms with Crippen molar-refractivity contribution >= 4 is 5.97 Å². The lowest BCUT2D eigenvalue weighted by Gasteiger charge is -2.40.